The molecule has 0 fully saturated rings. The van der Waals surface area contributed by atoms with Crippen LogP contribution in [-0.2, 0) is 24.8 Å². The van der Waals surface area contributed by atoms with Gasteiger partial charge in [-0.2, -0.15) is 9.44 Å². The summed E-state index contributed by atoms with van der Waals surface area (Å²) in [6, 6.07) is 0. The molecule has 0 bridgehead atoms. The van der Waals surface area contributed by atoms with Gasteiger partial charge in [-0.05, 0) is 12.8 Å². The normalized spacial score (nSPS) is 12.4. The van der Waals surface area contributed by atoms with Gasteiger partial charge in [-0.15, -0.1) is 0 Å². The molecule has 0 aliphatic heterocycles. The van der Waals surface area contributed by atoms with Crippen molar-refractivity contribution in [2.24, 2.45) is 0 Å². The van der Waals surface area contributed by atoms with Gasteiger partial charge in [-0.1, -0.05) is 142 Å². The maximum Gasteiger partial charge on any atom is 0.306 e. The van der Waals surface area contributed by atoms with Crippen LogP contribution in [0.25, 0.3) is 0 Å². The van der Waals surface area contributed by atoms with Crippen molar-refractivity contribution in [3.05, 3.63) is 0 Å². The van der Waals surface area contributed by atoms with E-state index in [1.54, 1.807) is 0 Å². The lowest BCUT2D eigenvalue weighted by molar-refractivity contribution is -0.137. The van der Waals surface area contributed by atoms with Crippen LogP contribution in [0.4, 0.5) is 0 Å². The molecule has 39 heavy (non-hydrogen) atoms. The fraction of sp³-hybridized carbons (Fsp3) is 0.966. The van der Waals surface area contributed by atoms with E-state index >= 15 is 0 Å². The SMILES string of the molecule is CCCCCCCCCCCCCS(=O)(=O)NC(CC(=O)O)NS(=O)(=O)CCCCCCCCCCCCC. The van der Waals surface area contributed by atoms with E-state index in [1.165, 1.54) is 89.9 Å². The Kier molecular flexibility index (Phi) is 24.6. The van der Waals surface area contributed by atoms with Crippen molar-refractivity contribution in [2.75, 3.05) is 11.5 Å². The number of rotatable bonds is 30. The molecule has 0 aliphatic rings. The first-order valence-corrected chi connectivity index (χ1v) is 19.1. The van der Waals surface area contributed by atoms with Crippen LogP contribution in [0.3, 0.4) is 0 Å². The Labute approximate surface area is 241 Å². The molecule has 0 aromatic heterocycles. The summed E-state index contributed by atoms with van der Waals surface area (Å²) in [7, 11) is -7.59. The molecular weight excluding hydrogens is 536 g/mol. The molecule has 0 rings (SSSR count). The van der Waals surface area contributed by atoms with E-state index in [0.717, 1.165) is 38.5 Å². The number of hydrogen-bond donors (Lipinski definition) is 3. The van der Waals surface area contributed by atoms with E-state index in [-0.39, 0.29) is 11.5 Å². The van der Waals surface area contributed by atoms with Crippen molar-refractivity contribution < 1.29 is 26.7 Å². The first-order chi connectivity index (χ1) is 18.6. The molecule has 234 valence electrons. The quantitative estimate of drug-likeness (QED) is 0.0592. The first-order valence-electron chi connectivity index (χ1n) is 15.8. The highest BCUT2D eigenvalue weighted by molar-refractivity contribution is 7.90. The summed E-state index contributed by atoms with van der Waals surface area (Å²) in [4.78, 5) is 11.2. The predicted molar refractivity (Wildman–Crippen MR) is 163 cm³/mol. The lowest BCUT2D eigenvalue weighted by Gasteiger charge is -2.19. The van der Waals surface area contributed by atoms with E-state index in [0.29, 0.717) is 12.8 Å². The van der Waals surface area contributed by atoms with Gasteiger partial charge >= 0.3 is 5.97 Å². The van der Waals surface area contributed by atoms with Gasteiger partial charge < -0.3 is 5.11 Å². The summed E-state index contributed by atoms with van der Waals surface area (Å²) in [5.74, 6) is -1.55. The summed E-state index contributed by atoms with van der Waals surface area (Å²) >= 11 is 0. The summed E-state index contributed by atoms with van der Waals surface area (Å²) in [6.07, 6.45) is 22.2. The summed E-state index contributed by atoms with van der Waals surface area (Å²) < 4.78 is 54.5. The third kappa shape index (κ3) is 27.2. The summed E-state index contributed by atoms with van der Waals surface area (Å²) in [6.45, 7) is 4.42. The Morgan fingerprint density at radius 2 is 0.769 bits per heavy atom. The second kappa shape index (κ2) is 25.0. The first kappa shape index (κ1) is 38.3. The van der Waals surface area contributed by atoms with E-state index in [1.807, 2.05) is 0 Å². The minimum absolute atomic E-state index is 0.138. The molecule has 0 heterocycles. The number of unbranched alkanes of at least 4 members (excludes halogenated alkanes) is 20. The standard InChI is InChI=1S/C29H60N2O6S2/c1-3-5-7-9-11-13-15-17-19-21-23-25-38(34,35)30-28(27-29(32)33)31-39(36,37)26-24-22-20-18-16-14-12-10-8-6-4-2/h28,30-31H,3-27H2,1-2H3,(H,32,33). The zero-order chi connectivity index (χ0) is 29.2. The van der Waals surface area contributed by atoms with Crippen molar-refractivity contribution in [2.45, 2.75) is 168 Å². The maximum absolute atomic E-state index is 12.5. The number of carboxylic acid groups (broad SMARTS) is 1. The molecule has 0 spiro atoms. The Balaban J connectivity index is 4.18. The smallest absolute Gasteiger partial charge is 0.306 e. The van der Waals surface area contributed by atoms with Crippen molar-refractivity contribution in [3.63, 3.8) is 0 Å². The van der Waals surface area contributed by atoms with Crippen LogP contribution in [0.15, 0.2) is 0 Å². The molecule has 0 saturated heterocycles. The van der Waals surface area contributed by atoms with Gasteiger partial charge in [0.15, 0.2) is 0 Å². The third-order valence-electron chi connectivity index (χ3n) is 7.06. The second-order valence-corrected chi connectivity index (χ2v) is 14.8. The van der Waals surface area contributed by atoms with Gasteiger partial charge in [0.1, 0.15) is 0 Å². The predicted octanol–water partition coefficient (Wildman–Crippen LogP) is 7.25. The van der Waals surface area contributed by atoms with E-state index < -0.39 is 38.6 Å². The average molecular weight is 597 g/mol. The van der Waals surface area contributed by atoms with Gasteiger partial charge in [0, 0.05) is 0 Å². The van der Waals surface area contributed by atoms with Crippen LogP contribution in [0.1, 0.15) is 162 Å². The van der Waals surface area contributed by atoms with E-state index in [9.17, 15) is 21.6 Å². The molecule has 10 heteroatoms. The molecule has 0 radical (unpaired) electrons. The summed E-state index contributed by atoms with van der Waals surface area (Å²) in [5.41, 5.74) is 0. The zero-order valence-corrected chi connectivity index (χ0v) is 26.7. The van der Waals surface area contributed by atoms with Crippen molar-refractivity contribution in [1.82, 2.24) is 9.44 Å². The number of hydrogen-bond acceptors (Lipinski definition) is 5. The molecule has 0 saturated carbocycles. The maximum atomic E-state index is 12.5. The molecule has 8 nitrogen and oxygen atoms in total. The fourth-order valence-electron chi connectivity index (χ4n) is 4.75. The Morgan fingerprint density at radius 3 is 1.03 bits per heavy atom. The number of sulfonamides is 2. The van der Waals surface area contributed by atoms with Crippen LogP contribution >= 0.6 is 0 Å². The molecule has 3 N–H and O–H groups in total. The Hall–Kier alpha value is -0.710. The average Bonchev–Trinajstić information content (AvgIpc) is 2.84. The van der Waals surface area contributed by atoms with Crippen LogP contribution < -0.4 is 9.44 Å². The number of carbonyl (C=O) groups is 1. The summed E-state index contributed by atoms with van der Waals surface area (Å²) in [5, 5.41) is 9.16. The highest BCUT2D eigenvalue weighted by Gasteiger charge is 2.24. The zero-order valence-electron chi connectivity index (χ0n) is 25.1. The van der Waals surface area contributed by atoms with Crippen molar-refractivity contribution in [1.29, 1.82) is 0 Å². The van der Waals surface area contributed by atoms with Crippen LogP contribution in [0.5, 0.6) is 0 Å². The highest BCUT2D eigenvalue weighted by atomic mass is 32.2. The number of aliphatic carboxylic acids is 1. The van der Waals surface area contributed by atoms with Crippen LogP contribution in [-0.4, -0.2) is 45.6 Å². The van der Waals surface area contributed by atoms with E-state index in [4.69, 9.17) is 5.11 Å². The minimum atomic E-state index is -3.80. The minimum Gasteiger partial charge on any atom is -0.481 e. The molecule has 0 unspecified atom stereocenters. The monoisotopic (exact) mass is 596 g/mol. The largest absolute Gasteiger partial charge is 0.481 e. The molecular formula is C29H60N2O6S2. The van der Waals surface area contributed by atoms with E-state index in [2.05, 4.69) is 23.3 Å². The number of nitrogens with one attached hydrogen (secondary N) is 2. The van der Waals surface area contributed by atoms with Gasteiger partial charge in [0.25, 0.3) is 0 Å². The van der Waals surface area contributed by atoms with Crippen LogP contribution in [0.2, 0.25) is 0 Å². The van der Waals surface area contributed by atoms with Crippen LogP contribution in [0, 0.1) is 0 Å². The van der Waals surface area contributed by atoms with Gasteiger partial charge in [-0.25, -0.2) is 16.8 Å². The Morgan fingerprint density at radius 1 is 0.513 bits per heavy atom. The van der Waals surface area contributed by atoms with Gasteiger partial charge in [0.05, 0.1) is 24.1 Å². The fourth-order valence-corrected chi connectivity index (χ4v) is 7.38. The van der Waals surface area contributed by atoms with Crippen molar-refractivity contribution >= 4 is 26.0 Å². The molecule has 0 aromatic carbocycles. The molecule has 0 atom stereocenters. The Bertz CT molecular complexity index is 730. The molecule has 0 aromatic rings. The third-order valence-corrected chi connectivity index (χ3v) is 10.00. The highest BCUT2D eigenvalue weighted by Crippen LogP contribution is 2.13. The second-order valence-electron chi connectivity index (χ2n) is 11.1. The topological polar surface area (TPSA) is 130 Å². The lowest BCUT2D eigenvalue weighted by Crippen LogP contribution is -2.50. The number of carboxylic acids is 1. The molecule has 0 aliphatic carbocycles. The van der Waals surface area contributed by atoms with Gasteiger partial charge in [-0.3, -0.25) is 4.79 Å². The molecule has 0 amide bonds. The van der Waals surface area contributed by atoms with Gasteiger partial charge in [0.2, 0.25) is 20.0 Å². The van der Waals surface area contributed by atoms with Crippen molar-refractivity contribution in [3.8, 4) is 0 Å². The lowest BCUT2D eigenvalue weighted by atomic mass is 10.1.